The molecule has 0 unspecified atom stereocenters. The summed E-state index contributed by atoms with van der Waals surface area (Å²) in [5.41, 5.74) is 7.02. The molecule has 4 aromatic rings. The van der Waals surface area contributed by atoms with Gasteiger partial charge in [0, 0.05) is 39.5 Å². The SMILES string of the molecule is COC(=O)[C@@H](OC(C)(C)C)c1c(C)nc2c(c(C)c(C)n2Cc2cccc(C#N)c2)c1-c1ccc(Cl)cc1. The molecular formula is C31H32ClN3O3. The molecular weight excluding hydrogens is 498 g/mol. The molecule has 7 heteroatoms. The van der Waals surface area contributed by atoms with E-state index in [1.807, 2.05) is 70.2 Å². The van der Waals surface area contributed by atoms with Crippen molar-refractivity contribution >= 4 is 28.6 Å². The summed E-state index contributed by atoms with van der Waals surface area (Å²) in [4.78, 5) is 18.2. The Kier molecular flexibility index (Phi) is 7.64. The zero-order chi connectivity index (χ0) is 27.8. The van der Waals surface area contributed by atoms with Gasteiger partial charge in [-0.3, -0.25) is 0 Å². The van der Waals surface area contributed by atoms with Crippen molar-refractivity contribution in [3.63, 3.8) is 0 Å². The molecule has 196 valence electrons. The number of aromatic nitrogens is 2. The molecule has 0 saturated carbocycles. The van der Waals surface area contributed by atoms with Crippen LogP contribution in [0.5, 0.6) is 0 Å². The number of ether oxygens (including phenoxy) is 2. The quantitative estimate of drug-likeness (QED) is 0.246. The Balaban J connectivity index is 2.07. The molecule has 4 rings (SSSR count). The minimum Gasteiger partial charge on any atom is -0.467 e. The van der Waals surface area contributed by atoms with Gasteiger partial charge >= 0.3 is 5.97 Å². The van der Waals surface area contributed by atoms with Crippen molar-refractivity contribution in [1.29, 1.82) is 5.26 Å². The van der Waals surface area contributed by atoms with Gasteiger partial charge in [0.05, 0.1) is 24.3 Å². The van der Waals surface area contributed by atoms with Crippen LogP contribution in [0.1, 0.15) is 60.5 Å². The van der Waals surface area contributed by atoms with Gasteiger partial charge in [-0.15, -0.1) is 0 Å². The van der Waals surface area contributed by atoms with E-state index < -0.39 is 17.7 Å². The lowest BCUT2D eigenvalue weighted by Gasteiger charge is -2.29. The van der Waals surface area contributed by atoms with Crippen LogP contribution in [0.3, 0.4) is 0 Å². The minimum atomic E-state index is -0.974. The number of fused-ring (bicyclic) bond motifs is 1. The Morgan fingerprint density at radius 1 is 1.13 bits per heavy atom. The largest absolute Gasteiger partial charge is 0.467 e. The molecule has 0 spiro atoms. The monoisotopic (exact) mass is 529 g/mol. The topological polar surface area (TPSA) is 77.1 Å². The molecule has 2 aromatic carbocycles. The maximum absolute atomic E-state index is 13.1. The van der Waals surface area contributed by atoms with E-state index in [4.69, 9.17) is 26.1 Å². The summed E-state index contributed by atoms with van der Waals surface area (Å²) >= 11 is 6.25. The van der Waals surface area contributed by atoms with Crippen LogP contribution < -0.4 is 0 Å². The molecule has 0 N–H and O–H groups in total. The highest BCUT2D eigenvalue weighted by atomic mass is 35.5. The van der Waals surface area contributed by atoms with E-state index in [0.717, 1.165) is 39.0 Å². The fourth-order valence-electron chi connectivity index (χ4n) is 4.83. The molecule has 0 aliphatic heterocycles. The number of carbonyl (C=O) groups excluding carboxylic acids is 1. The third-order valence-electron chi connectivity index (χ3n) is 6.66. The second kappa shape index (κ2) is 10.6. The van der Waals surface area contributed by atoms with Crippen LogP contribution in [-0.2, 0) is 20.8 Å². The Morgan fingerprint density at radius 3 is 2.42 bits per heavy atom. The fraction of sp³-hybridized carbons (Fsp3) is 0.323. The molecule has 0 aliphatic rings. The van der Waals surface area contributed by atoms with Crippen LogP contribution in [0, 0.1) is 32.1 Å². The predicted molar refractivity (Wildman–Crippen MR) is 150 cm³/mol. The van der Waals surface area contributed by atoms with E-state index in [2.05, 4.69) is 24.5 Å². The molecule has 0 fully saturated rings. The number of hydrogen-bond acceptors (Lipinski definition) is 5. The summed E-state index contributed by atoms with van der Waals surface area (Å²) in [6.45, 7) is 12.3. The molecule has 0 radical (unpaired) electrons. The van der Waals surface area contributed by atoms with Crippen molar-refractivity contribution < 1.29 is 14.3 Å². The maximum atomic E-state index is 13.1. The third-order valence-corrected chi connectivity index (χ3v) is 6.92. The highest BCUT2D eigenvalue weighted by molar-refractivity contribution is 6.30. The molecule has 2 aromatic heterocycles. The van der Waals surface area contributed by atoms with Crippen LogP contribution in [0.25, 0.3) is 22.2 Å². The fourth-order valence-corrected chi connectivity index (χ4v) is 4.96. The minimum absolute atomic E-state index is 0.485. The number of carbonyl (C=O) groups is 1. The first-order valence-corrected chi connectivity index (χ1v) is 12.8. The number of hydrogen-bond donors (Lipinski definition) is 0. The van der Waals surface area contributed by atoms with Gasteiger partial charge < -0.3 is 14.0 Å². The van der Waals surface area contributed by atoms with Gasteiger partial charge in [-0.25, -0.2) is 9.78 Å². The number of rotatable bonds is 6. The lowest BCUT2D eigenvalue weighted by Crippen LogP contribution is -2.29. The van der Waals surface area contributed by atoms with Crippen LogP contribution in [-0.4, -0.2) is 28.2 Å². The van der Waals surface area contributed by atoms with Gasteiger partial charge in [0.15, 0.2) is 6.10 Å². The van der Waals surface area contributed by atoms with Crippen molar-refractivity contribution in [2.45, 2.75) is 59.8 Å². The van der Waals surface area contributed by atoms with Gasteiger partial charge in [0.2, 0.25) is 0 Å². The number of nitriles is 1. The van der Waals surface area contributed by atoms with Crippen molar-refractivity contribution in [2.75, 3.05) is 7.11 Å². The molecule has 2 heterocycles. The van der Waals surface area contributed by atoms with Crippen LogP contribution in [0.15, 0.2) is 48.5 Å². The van der Waals surface area contributed by atoms with Crippen LogP contribution in [0.2, 0.25) is 5.02 Å². The molecule has 0 aliphatic carbocycles. The highest BCUT2D eigenvalue weighted by Crippen LogP contribution is 2.42. The maximum Gasteiger partial charge on any atom is 0.339 e. The van der Waals surface area contributed by atoms with E-state index >= 15 is 0 Å². The van der Waals surface area contributed by atoms with Crippen molar-refractivity contribution in [3.8, 4) is 17.2 Å². The first-order valence-electron chi connectivity index (χ1n) is 12.5. The Hall–Kier alpha value is -3.66. The van der Waals surface area contributed by atoms with Gasteiger partial charge in [-0.05, 0) is 82.5 Å². The standard InChI is InChI=1S/C31H32ClN3O3/c1-18-20(3)35(17-22-10-8-9-21(15-22)16-33)29-25(18)27(23-11-13-24(32)14-12-23)26(19(2)34-29)28(30(36)37-7)38-31(4,5)6/h8-15,28H,17H2,1-7H3/t28-/m0/s1. The average molecular weight is 530 g/mol. The lowest BCUT2D eigenvalue weighted by molar-refractivity contribution is -0.164. The second-order valence-corrected chi connectivity index (χ2v) is 10.9. The number of pyridine rings is 1. The molecule has 38 heavy (non-hydrogen) atoms. The van der Waals surface area contributed by atoms with E-state index in [9.17, 15) is 10.1 Å². The summed E-state index contributed by atoms with van der Waals surface area (Å²) in [5.74, 6) is -0.485. The number of halogens is 1. The van der Waals surface area contributed by atoms with E-state index in [1.54, 1.807) is 6.07 Å². The summed E-state index contributed by atoms with van der Waals surface area (Å²) in [5, 5.41) is 10.9. The Labute approximate surface area is 228 Å². The number of methoxy groups -OCH3 is 1. The average Bonchev–Trinajstić information content (AvgIpc) is 3.10. The Morgan fingerprint density at radius 2 is 1.82 bits per heavy atom. The molecule has 0 saturated heterocycles. The summed E-state index contributed by atoms with van der Waals surface area (Å²) < 4.78 is 13.7. The molecule has 1 atom stereocenters. The van der Waals surface area contributed by atoms with Crippen LogP contribution in [0.4, 0.5) is 0 Å². The van der Waals surface area contributed by atoms with Crippen molar-refractivity contribution in [3.05, 3.63) is 87.2 Å². The van der Waals surface area contributed by atoms with Gasteiger partial charge in [0.25, 0.3) is 0 Å². The van der Waals surface area contributed by atoms with E-state index in [-0.39, 0.29) is 0 Å². The smallest absolute Gasteiger partial charge is 0.339 e. The third kappa shape index (κ3) is 5.31. The van der Waals surface area contributed by atoms with E-state index in [1.165, 1.54) is 7.11 Å². The molecule has 0 bridgehead atoms. The molecule has 0 amide bonds. The van der Waals surface area contributed by atoms with Crippen molar-refractivity contribution in [1.82, 2.24) is 9.55 Å². The summed E-state index contributed by atoms with van der Waals surface area (Å²) in [6.07, 6.45) is -0.974. The van der Waals surface area contributed by atoms with Crippen molar-refractivity contribution in [2.24, 2.45) is 0 Å². The predicted octanol–water partition coefficient (Wildman–Crippen LogP) is 7.23. The zero-order valence-corrected chi connectivity index (χ0v) is 23.6. The lowest BCUT2D eigenvalue weighted by atomic mass is 9.91. The number of benzene rings is 2. The van der Waals surface area contributed by atoms with Crippen LogP contribution >= 0.6 is 11.6 Å². The zero-order valence-electron chi connectivity index (χ0n) is 22.8. The summed E-state index contributed by atoms with van der Waals surface area (Å²) in [6, 6.07) is 17.4. The number of esters is 1. The number of nitrogens with zero attached hydrogens (tertiary/aromatic N) is 3. The first kappa shape index (κ1) is 27.4. The number of aryl methyl sites for hydroxylation is 2. The van der Waals surface area contributed by atoms with E-state index in [0.29, 0.717) is 28.4 Å². The normalized spacial score (nSPS) is 12.4. The summed E-state index contributed by atoms with van der Waals surface area (Å²) in [7, 11) is 1.37. The Bertz CT molecular complexity index is 1560. The van der Waals surface area contributed by atoms with Gasteiger partial charge in [-0.1, -0.05) is 35.9 Å². The van der Waals surface area contributed by atoms with Gasteiger partial charge in [-0.2, -0.15) is 5.26 Å². The van der Waals surface area contributed by atoms with Gasteiger partial charge in [0.1, 0.15) is 5.65 Å². The molecule has 6 nitrogen and oxygen atoms in total. The second-order valence-electron chi connectivity index (χ2n) is 10.4. The highest BCUT2D eigenvalue weighted by Gasteiger charge is 2.34. The first-order chi connectivity index (χ1) is 17.9.